The highest BCUT2D eigenvalue weighted by atomic mass is 32.2. The molecule has 0 aromatic heterocycles. The van der Waals surface area contributed by atoms with Crippen molar-refractivity contribution in [2.24, 2.45) is 0 Å². The first kappa shape index (κ1) is 21.1. The summed E-state index contributed by atoms with van der Waals surface area (Å²) in [6.45, 7) is 3.44. The van der Waals surface area contributed by atoms with Gasteiger partial charge >= 0.3 is 0 Å². The summed E-state index contributed by atoms with van der Waals surface area (Å²) >= 11 is 0.792. The smallest absolute Gasteiger partial charge is 0.294 e. The van der Waals surface area contributed by atoms with E-state index in [0.717, 1.165) is 27.8 Å². The Labute approximate surface area is 178 Å². The van der Waals surface area contributed by atoms with Gasteiger partial charge in [0.05, 0.1) is 4.91 Å². The van der Waals surface area contributed by atoms with Gasteiger partial charge in [-0.3, -0.25) is 19.3 Å². The molecule has 8 heteroatoms. The maximum Gasteiger partial charge on any atom is 0.294 e. The van der Waals surface area contributed by atoms with E-state index in [0.29, 0.717) is 17.0 Å². The number of thioether (sulfide) groups is 1. The summed E-state index contributed by atoms with van der Waals surface area (Å²) in [5.41, 5.74) is 3.33. The number of imide groups is 1. The van der Waals surface area contributed by atoms with Gasteiger partial charge in [0.2, 0.25) is 5.91 Å². The fourth-order valence-electron chi connectivity index (χ4n) is 2.95. The number of rotatable bonds is 6. The number of amides is 3. The van der Waals surface area contributed by atoms with Gasteiger partial charge in [-0.2, -0.15) is 5.26 Å². The molecule has 3 amide bonds. The van der Waals surface area contributed by atoms with E-state index in [9.17, 15) is 14.4 Å². The standard InChI is InChI=1S/C22H19N3O4S/c1-14-9-15(2)11-17(10-14)24-20(26)13-25-21(27)19(30-22(25)28)12-16-3-5-18(6-4-16)29-8-7-23/h3-6,9-12H,8,13H2,1-2H3,(H,24,26)/b19-12-. The molecule has 2 aromatic rings. The highest BCUT2D eigenvalue weighted by Gasteiger charge is 2.36. The van der Waals surface area contributed by atoms with Crippen LogP contribution in [0, 0.1) is 25.2 Å². The average molecular weight is 421 g/mol. The predicted octanol–water partition coefficient (Wildman–Crippen LogP) is 3.88. The van der Waals surface area contributed by atoms with Crippen LogP contribution >= 0.6 is 11.8 Å². The van der Waals surface area contributed by atoms with E-state index in [4.69, 9.17) is 10.00 Å². The van der Waals surface area contributed by atoms with Gasteiger partial charge in [0.1, 0.15) is 18.4 Å². The lowest BCUT2D eigenvalue weighted by Crippen LogP contribution is -2.36. The second-order valence-electron chi connectivity index (χ2n) is 6.71. The van der Waals surface area contributed by atoms with Crippen LogP contribution in [0.5, 0.6) is 5.75 Å². The molecule has 0 bridgehead atoms. The zero-order chi connectivity index (χ0) is 21.7. The van der Waals surface area contributed by atoms with Crippen LogP contribution in [-0.2, 0) is 9.59 Å². The lowest BCUT2D eigenvalue weighted by atomic mass is 10.1. The number of benzene rings is 2. The van der Waals surface area contributed by atoms with E-state index in [-0.39, 0.29) is 18.1 Å². The molecule has 30 heavy (non-hydrogen) atoms. The van der Waals surface area contributed by atoms with Crippen LogP contribution < -0.4 is 10.1 Å². The molecule has 0 atom stereocenters. The molecular weight excluding hydrogens is 402 g/mol. The molecule has 3 rings (SSSR count). The molecule has 0 spiro atoms. The predicted molar refractivity (Wildman–Crippen MR) is 115 cm³/mol. The molecule has 2 aromatic carbocycles. The van der Waals surface area contributed by atoms with Gasteiger partial charge in [-0.15, -0.1) is 0 Å². The van der Waals surface area contributed by atoms with Crippen molar-refractivity contribution in [3.8, 4) is 11.8 Å². The Kier molecular flexibility index (Phi) is 6.54. The molecule has 1 aliphatic heterocycles. The third-order valence-corrected chi connectivity index (χ3v) is 5.07. The molecule has 1 heterocycles. The minimum absolute atomic E-state index is 0.0532. The van der Waals surface area contributed by atoms with Crippen LogP contribution in [0.15, 0.2) is 47.4 Å². The molecule has 1 saturated heterocycles. The first-order chi connectivity index (χ1) is 14.4. The fraction of sp³-hybridized carbons (Fsp3) is 0.182. The molecule has 152 valence electrons. The van der Waals surface area contributed by atoms with Crippen molar-refractivity contribution in [2.75, 3.05) is 18.5 Å². The molecule has 0 saturated carbocycles. The van der Waals surface area contributed by atoms with Crippen molar-refractivity contribution in [1.29, 1.82) is 5.26 Å². The summed E-state index contributed by atoms with van der Waals surface area (Å²) in [5.74, 6) is -0.419. The normalized spacial score (nSPS) is 14.7. The first-order valence-electron chi connectivity index (χ1n) is 9.09. The lowest BCUT2D eigenvalue weighted by molar-refractivity contribution is -0.127. The number of ether oxygens (including phenoxy) is 1. The minimum atomic E-state index is -0.509. The Morgan fingerprint density at radius 3 is 2.47 bits per heavy atom. The molecule has 1 fully saturated rings. The third-order valence-electron chi connectivity index (χ3n) is 4.16. The summed E-state index contributed by atoms with van der Waals surface area (Å²) in [7, 11) is 0. The largest absolute Gasteiger partial charge is 0.479 e. The molecule has 0 unspecified atom stereocenters. The molecule has 7 nitrogen and oxygen atoms in total. The summed E-state index contributed by atoms with van der Waals surface area (Å²) in [6, 6.07) is 14.3. The van der Waals surface area contributed by atoms with Crippen molar-refractivity contribution in [1.82, 2.24) is 4.90 Å². The number of carbonyl (C=O) groups excluding carboxylic acids is 3. The average Bonchev–Trinajstić information content (AvgIpc) is 2.94. The highest BCUT2D eigenvalue weighted by molar-refractivity contribution is 8.18. The van der Waals surface area contributed by atoms with Crippen molar-refractivity contribution < 1.29 is 19.1 Å². The Morgan fingerprint density at radius 2 is 1.83 bits per heavy atom. The van der Waals surface area contributed by atoms with Crippen molar-refractivity contribution in [3.05, 3.63) is 64.1 Å². The van der Waals surface area contributed by atoms with E-state index in [1.165, 1.54) is 0 Å². The molecular formula is C22H19N3O4S. The van der Waals surface area contributed by atoms with E-state index in [1.54, 1.807) is 30.3 Å². The van der Waals surface area contributed by atoms with E-state index in [1.807, 2.05) is 38.1 Å². The maximum absolute atomic E-state index is 12.6. The van der Waals surface area contributed by atoms with Crippen molar-refractivity contribution >= 4 is 40.6 Å². The Bertz CT molecular complexity index is 1050. The lowest BCUT2D eigenvalue weighted by Gasteiger charge is -2.13. The summed E-state index contributed by atoms with van der Waals surface area (Å²) in [5, 5.41) is 10.8. The fourth-order valence-corrected chi connectivity index (χ4v) is 3.79. The van der Waals surface area contributed by atoms with Crippen LogP contribution in [-0.4, -0.2) is 35.1 Å². The Balaban J connectivity index is 1.66. The zero-order valence-corrected chi connectivity index (χ0v) is 17.3. The number of nitriles is 1. The number of hydrogen-bond acceptors (Lipinski definition) is 6. The SMILES string of the molecule is Cc1cc(C)cc(NC(=O)CN2C(=O)S/C(=C\c3ccc(OCC#N)cc3)C2=O)c1. The number of hydrogen-bond donors (Lipinski definition) is 1. The quantitative estimate of drug-likeness (QED) is 0.711. The van der Waals surface area contributed by atoms with Gasteiger partial charge < -0.3 is 10.1 Å². The number of anilines is 1. The topological polar surface area (TPSA) is 99.5 Å². The maximum atomic E-state index is 12.6. The van der Waals surface area contributed by atoms with Gasteiger partial charge in [0.15, 0.2) is 6.61 Å². The summed E-state index contributed by atoms with van der Waals surface area (Å²) in [4.78, 5) is 38.4. The minimum Gasteiger partial charge on any atom is -0.479 e. The van der Waals surface area contributed by atoms with Gasteiger partial charge in [0, 0.05) is 5.69 Å². The van der Waals surface area contributed by atoms with Crippen molar-refractivity contribution in [2.45, 2.75) is 13.8 Å². The van der Waals surface area contributed by atoms with Crippen LogP contribution in [0.2, 0.25) is 0 Å². The van der Waals surface area contributed by atoms with Gasteiger partial charge in [-0.25, -0.2) is 0 Å². The summed E-state index contributed by atoms with van der Waals surface area (Å²) in [6.07, 6.45) is 1.58. The van der Waals surface area contributed by atoms with Crippen LogP contribution in [0.1, 0.15) is 16.7 Å². The first-order valence-corrected chi connectivity index (χ1v) is 9.90. The van der Waals surface area contributed by atoms with Gasteiger partial charge in [0.25, 0.3) is 11.1 Å². The number of nitrogens with one attached hydrogen (secondary N) is 1. The number of aryl methyl sites for hydroxylation is 2. The Morgan fingerprint density at radius 1 is 1.17 bits per heavy atom. The Hall–Kier alpha value is -3.57. The summed E-state index contributed by atoms with van der Waals surface area (Å²) < 4.78 is 5.18. The van der Waals surface area contributed by atoms with Gasteiger partial charge in [-0.05, 0) is 72.6 Å². The highest BCUT2D eigenvalue weighted by Crippen LogP contribution is 2.32. The number of carbonyl (C=O) groups is 3. The van der Waals surface area contributed by atoms with Crippen LogP contribution in [0.3, 0.4) is 0 Å². The number of nitrogens with zero attached hydrogens (tertiary/aromatic N) is 2. The van der Waals surface area contributed by atoms with E-state index in [2.05, 4.69) is 5.32 Å². The second-order valence-corrected chi connectivity index (χ2v) is 7.70. The van der Waals surface area contributed by atoms with Crippen LogP contribution in [0.25, 0.3) is 6.08 Å². The van der Waals surface area contributed by atoms with E-state index >= 15 is 0 Å². The van der Waals surface area contributed by atoms with Crippen molar-refractivity contribution in [3.63, 3.8) is 0 Å². The van der Waals surface area contributed by atoms with Gasteiger partial charge in [-0.1, -0.05) is 18.2 Å². The third kappa shape index (κ3) is 5.27. The molecule has 1 aliphatic rings. The van der Waals surface area contributed by atoms with E-state index < -0.39 is 17.1 Å². The zero-order valence-electron chi connectivity index (χ0n) is 16.5. The molecule has 0 aliphatic carbocycles. The molecule has 0 radical (unpaired) electrons. The van der Waals surface area contributed by atoms with Crippen LogP contribution in [0.4, 0.5) is 10.5 Å². The molecule has 1 N–H and O–H groups in total. The monoisotopic (exact) mass is 421 g/mol. The second kappa shape index (κ2) is 9.29.